The van der Waals surface area contributed by atoms with Crippen LogP contribution in [-0.4, -0.2) is 54.2 Å². The minimum atomic E-state index is -0.896. The zero-order valence-electron chi connectivity index (χ0n) is 15.6. The van der Waals surface area contributed by atoms with Gasteiger partial charge in [0.2, 0.25) is 5.91 Å². The Kier molecular flexibility index (Phi) is 4.38. The van der Waals surface area contributed by atoms with Gasteiger partial charge in [-0.2, -0.15) is 0 Å². The van der Waals surface area contributed by atoms with Gasteiger partial charge < -0.3 is 14.6 Å². The Hall–Kier alpha value is -3.20. The maximum atomic E-state index is 12.9. The number of hydrogen-bond donors (Lipinski definition) is 2. The number of β-amino-alcohol motifs (C(OH)–C–C–N with tert-alkyl or cyclic N) is 1. The Morgan fingerprint density at radius 3 is 2.79 bits per heavy atom. The molecule has 0 radical (unpaired) electrons. The van der Waals surface area contributed by atoms with Gasteiger partial charge in [0.1, 0.15) is 12.4 Å². The third-order valence-electron chi connectivity index (χ3n) is 5.25. The van der Waals surface area contributed by atoms with Crippen molar-refractivity contribution in [3.05, 3.63) is 62.7 Å². The van der Waals surface area contributed by atoms with E-state index in [9.17, 15) is 19.5 Å². The van der Waals surface area contributed by atoms with Gasteiger partial charge in [-0.25, -0.2) is 9.78 Å². The summed E-state index contributed by atoms with van der Waals surface area (Å²) in [5, 5.41) is 10.4. The lowest BCUT2D eigenvalue weighted by atomic mass is 10.2. The van der Waals surface area contributed by atoms with Crippen LogP contribution in [0.25, 0.3) is 11.0 Å². The predicted octanol–water partition coefficient (Wildman–Crippen LogP) is -0.0525. The average Bonchev–Trinajstić information content (AvgIpc) is 3.18. The number of aryl methyl sites for hydroxylation is 2. The molecule has 2 atom stereocenters. The molecule has 28 heavy (non-hydrogen) atoms. The number of aromatic nitrogens is 4. The van der Waals surface area contributed by atoms with E-state index in [-0.39, 0.29) is 25.5 Å². The van der Waals surface area contributed by atoms with Gasteiger partial charge in [0, 0.05) is 24.8 Å². The summed E-state index contributed by atoms with van der Waals surface area (Å²) < 4.78 is 3.14. The van der Waals surface area contributed by atoms with Crippen LogP contribution in [0.2, 0.25) is 0 Å². The number of rotatable bonds is 3. The molecule has 3 heterocycles. The number of hydrogen-bond acceptors (Lipinski definition) is 5. The highest BCUT2D eigenvalue weighted by molar-refractivity contribution is 5.81. The van der Waals surface area contributed by atoms with E-state index >= 15 is 0 Å². The summed E-state index contributed by atoms with van der Waals surface area (Å²) in [6, 6.07) is 6.99. The Morgan fingerprint density at radius 1 is 1.25 bits per heavy atom. The van der Waals surface area contributed by atoms with Gasteiger partial charge in [0.25, 0.3) is 5.56 Å². The number of aromatic amines is 1. The van der Waals surface area contributed by atoms with E-state index in [0.29, 0.717) is 5.56 Å². The number of H-pyrrole nitrogens is 1. The van der Waals surface area contributed by atoms with E-state index in [2.05, 4.69) is 9.97 Å². The number of aliphatic hydroxyl groups is 1. The first-order valence-corrected chi connectivity index (χ1v) is 9.05. The Morgan fingerprint density at radius 2 is 2.00 bits per heavy atom. The molecule has 1 aliphatic heterocycles. The number of nitrogens with zero attached hydrogens (tertiary/aromatic N) is 4. The zero-order valence-corrected chi connectivity index (χ0v) is 15.6. The third-order valence-corrected chi connectivity index (χ3v) is 5.25. The van der Waals surface area contributed by atoms with Crippen LogP contribution in [0.3, 0.4) is 0 Å². The molecule has 1 saturated heterocycles. The van der Waals surface area contributed by atoms with Crippen LogP contribution in [0.15, 0.2) is 40.1 Å². The Labute approximate surface area is 159 Å². The predicted molar refractivity (Wildman–Crippen MR) is 102 cm³/mol. The van der Waals surface area contributed by atoms with E-state index in [0.717, 1.165) is 16.9 Å². The van der Waals surface area contributed by atoms with E-state index in [4.69, 9.17) is 0 Å². The molecule has 9 heteroatoms. The van der Waals surface area contributed by atoms with Crippen LogP contribution in [0, 0.1) is 13.8 Å². The van der Waals surface area contributed by atoms with Crippen molar-refractivity contribution in [2.24, 2.45) is 0 Å². The number of aliphatic hydroxyl groups excluding tert-OH is 1. The van der Waals surface area contributed by atoms with Gasteiger partial charge in [-0.05, 0) is 26.0 Å². The molecule has 9 nitrogen and oxygen atoms in total. The quantitative estimate of drug-likeness (QED) is 0.658. The largest absolute Gasteiger partial charge is 0.389 e. The molecule has 4 rings (SSSR count). The van der Waals surface area contributed by atoms with Crippen LogP contribution in [0.1, 0.15) is 17.4 Å². The topological polar surface area (TPSA) is 113 Å². The van der Waals surface area contributed by atoms with Gasteiger partial charge in [-0.1, -0.05) is 12.1 Å². The molecular weight excluding hydrogens is 362 g/mol. The van der Waals surface area contributed by atoms with Gasteiger partial charge in [-0.3, -0.25) is 19.1 Å². The highest BCUT2D eigenvalue weighted by atomic mass is 16.3. The number of fused-ring (bicyclic) bond motifs is 1. The number of nitrogens with one attached hydrogen (secondary N) is 1. The maximum absolute atomic E-state index is 12.9. The number of para-hydroxylation sites is 2. The molecule has 2 N–H and O–H groups in total. The summed E-state index contributed by atoms with van der Waals surface area (Å²) in [6.07, 6.45) is 0.531. The van der Waals surface area contributed by atoms with Crippen molar-refractivity contribution in [3.8, 4) is 0 Å². The van der Waals surface area contributed by atoms with Crippen molar-refractivity contribution in [1.82, 2.24) is 24.0 Å². The van der Waals surface area contributed by atoms with E-state index in [1.54, 1.807) is 6.92 Å². The minimum absolute atomic E-state index is 0.103. The molecule has 3 aromatic rings. The molecule has 1 fully saturated rings. The normalized spacial score (nSPS) is 19.5. The minimum Gasteiger partial charge on any atom is -0.389 e. The van der Waals surface area contributed by atoms with E-state index in [1.165, 1.54) is 15.7 Å². The lowest BCUT2D eigenvalue weighted by molar-refractivity contribution is -0.131. The maximum Gasteiger partial charge on any atom is 0.328 e. The Balaban J connectivity index is 1.57. The second kappa shape index (κ2) is 6.75. The smallest absolute Gasteiger partial charge is 0.328 e. The molecule has 0 unspecified atom stereocenters. The van der Waals surface area contributed by atoms with Gasteiger partial charge >= 0.3 is 5.69 Å². The summed E-state index contributed by atoms with van der Waals surface area (Å²) in [6.45, 7) is 3.85. The Bertz CT molecular complexity index is 1180. The molecule has 1 amide bonds. The number of imidazole rings is 1. The first kappa shape index (κ1) is 18.2. The molecule has 0 bridgehead atoms. The van der Waals surface area contributed by atoms with E-state index < -0.39 is 23.4 Å². The summed E-state index contributed by atoms with van der Waals surface area (Å²) in [7, 11) is 0. The number of carbonyl (C=O) groups is 1. The van der Waals surface area contributed by atoms with Crippen molar-refractivity contribution in [2.45, 2.75) is 32.5 Å². The summed E-state index contributed by atoms with van der Waals surface area (Å²) in [4.78, 5) is 44.8. The van der Waals surface area contributed by atoms with Crippen molar-refractivity contribution in [1.29, 1.82) is 0 Å². The molecular formula is C19H21N5O4. The molecule has 1 aromatic carbocycles. The average molecular weight is 383 g/mol. The summed E-state index contributed by atoms with van der Waals surface area (Å²) >= 11 is 0. The highest BCUT2D eigenvalue weighted by Crippen LogP contribution is 2.22. The number of likely N-dealkylation sites (tertiary alicyclic amines) is 1. The first-order chi connectivity index (χ1) is 13.3. The highest BCUT2D eigenvalue weighted by Gasteiger charge is 2.36. The number of benzene rings is 1. The fraction of sp³-hybridized carbons (Fsp3) is 0.368. The lowest BCUT2D eigenvalue weighted by Gasteiger charge is -2.18. The fourth-order valence-corrected chi connectivity index (χ4v) is 3.71. The molecule has 1 aliphatic rings. The zero-order chi connectivity index (χ0) is 20.0. The lowest BCUT2D eigenvalue weighted by Crippen LogP contribution is -2.37. The molecule has 146 valence electrons. The van der Waals surface area contributed by atoms with Crippen molar-refractivity contribution in [2.75, 3.05) is 13.1 Å². The van der Waals surface area contributed by atoms with Crippen molar-refractivity contribution < 1.29 is 9.90 Å². The monoisotopic (exact) mass is 383 g/mol. The van der Waals surface area contributed by atoms with Crippen LogP contribution in [0.5, 0.6) is 0 Å². The molecule has 0 saturated carbocycles. The standard InChI is InChI=1S/C19H21N5O4/c1-11-7-24(19(28)21-18(11)27)15-8-22(9-16(15)25)17(26)10-23-12(2)20-13-5-3-4-6-14(13)23/h3-7,15-16,25H,8-10H2,1-2H3,(H,21,27,28)/t15-,16-/m1/s1. The second-order valence-electron chi connectivity index (χ2n) is 7.15. The van der Waals surface area contributed by atoms with Crippen molar-refractivity contribution in [3.63, 3.8) is 0 Å². The van der Waals surface area contributed by atoms with Crippen LogP contribution in [-0.2, 0) is 11.3 Å². The van der Waals surface area contributed by atoms with Crippen LogP contribution < -0.4 is 11.2 Å². The fourth-order valence-electron chi connectivity index (χ4n) is 3.71. The summed E-state index contributed by atoms with van der Waals surface area (Å²) in [5.74, 6) is 0.570. The van der Waals surface area contributed by atoms with Crippen LogP contribution in [0.4, 0.5) is 0 Å². The van der Waals surface area contributed by atoms with Gasteiger partial charge in [0.15, 0.2) is 0 Å². The van der Waals surface area contributed by atoms with Crippen molar-refractivity contribution >= 4 is 16.9 Å². The molecule has 0 spiro atoms. The SMILES string of the molecule is Cc1cn([C@@H]2CN(C(=O)Cn3c(C)nc4ccccc43)C[C@H]2O)c(=O)[nH]c1=O. The van der Waals surface area contributed by atoms with Gasteiger partial charge in [-0.15, -0.1) is 0 Å². The number of amides is 1. The molecule has 0 aliphatic carbocycles. The first-order valence-electron chi connectivity index (χ1n) is 9.05. The van der Waals surface area contributed by atoms with Gasteiger partial charge in [0.05, 0.1) is 23.2 Å². The summed E-state index contributed by atoms with van der Waals surface area (Å²) in [5.41, 5.74) is 1.02. The third kappa shape index (κ3) is 3.03. The second-order valence-corrected chi connectivity index (χ2v) is 7.15. The van der Waals surface area contributed by atoms with Crippen LogP contribution >= 0.6 is 0 Å². The van der Waals surface area contributed by atoms with E-state index in [1.807, 2.05) is 35.8 Å². The number of carbonyl (C=O) groups excluding carboxylic acids is 1. The molecule has 2 aromatic heterocycles.